The van der Waals surface area contributed by atoms with E-state index in [2.05, 4.69) is 25.1 Å². The predicted molar refractivity (Wildman–Crippen MR) is 128 cm³/mol. The standard InChI is InChI=1S/C22H22F2N8O3S/c1-31(2)18(33)11-26-10-15(30-21(34)14-9-28-32-5-3-4-27-20(14)32)19(25)13-6-12-8-29-36-17(12)7-16(13)35-22(23)24/h3-10,19,22,26H,11,25H2,1-2H3,(H,30,34)/b15-10+. The molecule has 0 aliphatic rings. The van der Waals surface area contributed by atoms with Crippen molar-refractivity contribution in [2.45, 2.75) is 12.7 Å². The van der Waals surface area contributed by atoms with Crippen LogP contribution < -0.4 is 21.1 Å². The van der Waals surface area contributed by atoms with Gasteiger partial charge in [-0.25, -0.2) is 9.50 Å². The molecule has 1 unspecified atom stereocenters. The molecule has 188 valence electrons. The van der Waals surface area contributed by atoms with E-state index in [1.807, 2.05) is 0 Å². The fourth-order valence-electron chi connectivity index (χ4n) is 3.32. The van der Waals surface area contributed by atoms with Crippen LogP contribution in [0.3, 0.4) is 0 Å². The average Bonchev–Trinajstić information content (AvgIpc) is 3.48. The van der Waals surface area contributed by atoms with E-state index >= 15 is 0 Å². The summed E-state index contributed by atoms with van der Waals surface area (Å²) in [5, 5.41) is 10.3. The number of halogens is 2. The third-order valence-electron chi connectivity index (χ3n) is 5.16. The lowest BCUT2D eigenvalue weighted by Crippen LogP contribution is -2.34. The zero-order chi connectivity index (χ0) is 25.8. The first-order valence-corrected chi connectivity index (χ1v) is 11.3. The largest absolute Gasteiger partial charge is 0.434 e. The zero-order valence-corrected chi connectivity index (χ0v) is 20.0. The van der Waals surface area contributed by atoms with Gasteiger partial charge >= 0.3 is 6.61 Å². The summed E-state index contributed by atoms with van der Waals surface area (Å²) >= 11 is 1.12. The lowest BCUT2D eigenvalue weighted by molar-refractivity contribution is -0.127. The second-order valence-electron chi connectivity index (χ2n) is 7.78. The van der Waals surface area contributed by atoms with Gasteiger partial charge in [0.15, 0.2) is 5.65 Å². The van der Waals surface area contributed by atoms with Gasteiger partial charge in [0, 0.05) is 55.9 Å². The van der Waals surface area contributed by atoms with Gasteiger partial charge < -0.3 is 26.0 Å². The third-order valence-corrected chi connectivity index (χ3v) is 5.92. The first-order valence-electron chi connectivity index (χ1n) is 10.6. The van der Waals surface area contributed by atoms with Crippen molar-refractivity contribution >= 4 is 39.1 Å². The summed E-state index contributed by atoms with van der Waals surface area (Å²) in [4.78, 5) is 30.7. The molecule has 0 aliphatic carbocycles. The van der Waals surface area contributed by atoms with Crippen molar-refractivity contribution in [3.05, 3.63) is 66.0 Å². The van der Waals surface area contributed by atoms with Crippen LogP contribution in [0.5, 0.6) is 5.75 Å². The molecular formula is C22H22F2N8O3S. The van der Waals surface area contributed by atoms with Gasteiger partial charge in [-0.2, -0.15) is 18.3 Å². The number of fused-ring (bicyclic) bond motifs is 2. The van der Waals surface area contributed by atoms with E-state index in [4.69, 9.17) is 10.5 Å². The minimum Gasteiger partial charge on any atom is -0.434 e. The summed E-state index contributed by atoms with van der Waals surface area (Å²) in [6.07, 6.45) is 7.42. The van der Waals surface area contributed by atoms with E-state index < -0.39 is 18.6 Å². The average molecular weight is 517 g/mol. The number of carbonyl (C=O) groups excluding carboxylic acids is 2. The van der Waals surface area contributed by atoms with Gasteiger partial charge in [0.25, 0.3) is 5.91 Å². The molecule has 0 bridgehead atoms. The first-order chi connectivity index (χ1) is 17.2. The molecule has 0 saturated heterocycles. The van der Waals surface area contributed by atoms with Crippen molar-refractivity contribution in [1.82, 2.24) is 34.5 Å². The normalized spacial score (nSPS) is 12.7. The molecule has 36 heavy (non-hydrogen) atoms. The maximum Gasteiger partial charge on any atom is 0.387 e. The summed E-state index contributed by atoms with van der Waals surface area (Å²) in [6.45, 7) is -3.19. The Morgan fingerprint density at radius 1 is 1.31 bits per heavy atom. The Bertz CT molecular complexity index is 1440. The van der Waals surface area contributed by atoms with Crippen molar-refractivity contribution in [2.24, 2.45) is 5.73 Å². The van der Waals surface area contributed by atoms with Crippen LogP contribution in [0.2, 0.25) is 0 Å². The molecule has 1 atom stereocenters. The molecule has 0 spiro atoms. The Morgan fingerprint density at radius 2 is 2.11 bits per heavy atom. The summed E-state index contributed by atoms with van der Waals surface area (Å²) in [5.41, 5.74) is 7.24. The van der Waals surface area contributed by atoms with E-state index in [0.29, 0.717) is 15.7 Å². The maximum atomic E-state index is 13.2. The third kappa shape index (κ3) is 5.39. The molecule has 2 amide bonds. The van der Waals surface area contributed by atoms with Gasteiger partial charge in [-0.15, -0.1) is 0 Å². The smallest absolute Gasteiger partial charge is 0.387 e. The lowest BCUT2D eigenvalue weighted by atomic mass is 10.0. The predicted octanol–water partition coefficient (Wildman–Crippen LogP) is 1.89. The molecule has 0 radical (unpaired) electrons. The molecule has 3 heterocycles. The Kier molecular flexibility index (Phi) is 7.36. The molecule has 4 rings (SSSR count). The number of amides is 2. The SMILES string of the molecule is CN(C)C(=O)CN/C=C(/NC(=O)c1cnn2cccnc12)C(N)c1cc2cnsc2cc1OC(F)F. The molecule has 11 nitrogen and oxygen atoms in total. The van der Waals surface area contributed by atoms with Gasteiger partial charge in [-0.3, -0.25) is 9.59 Å². The number of nitrogens with two attached hydrogens (primary N) is 1. The molecule has 14 heteroatoms. The van der Waals surface area contributed by atoms with Gasteiger partial charge in [0.2, 0.25) is 5.91 Å². The second-order valence-corrected chi connectivity index (χ2v) is 8.61. The van der Waals surface area contributed by atoms with Crippen molar-refractivity contribution in [2.75, 3.05) is 20.6 Å². The molecule has 0 fully saturated rings. The van der Waals surface area contributed by atoms with Crippen LogP contribution in [-0.4, -0.2) is 62.9 Å². The molecule has 4 aromatic rings. The van der Waals surface area contributed by atoms with E-state index in [-0.39, 0.29) is 35.0 Å². The molecule has 0 aliphatic heterocycles. The van der Waals surface area contributed by atoms with Crippen LogP contribution in [0.25, 0.3) is 15.7 Å². The Hall–Kier alpha value is -4.17. The first kappa shape index (κ1) is 24.9. The number of hydrogen-bond acceptors (Lipinski definition) is 9. The summed E-state index contributed by atoms with van der Waals surface area (Å²) < 4.78 is 37.2. The Balaban J connectivity index is 1.70. The van der Waals surface area contributed by atoms with Crippen LogP contribution in [0.15, 0.2) is 54.9 Å². The topological polar surface area (TPSA) is 140 Å². The number of aromatic nitrogens is 4. The van der Waals surface area contributed by atoms with Crippen molar-refractivity contribution in [3.63, 3.8) is 0 Å². The van der Waals surface area contributed by atoms with Gasteiger partial charge in [-0.1, -0.05) is 0 Å². The van der Waals surface area contributed by atoms with E-state index in [9.17, 15) is 18.4 Å². The van der Waals surface area contributed by atoms with E-state index in [1.165, 1.54) is 34.1 Å². The number of ether oxygens (including phenoxy) is 1. The quantitative estimate of drug-likeness (QED) is 0.307. The van der Waals surface area contributed by atoms with Crippen molar-refractivity contribution in [3.8, 4) is 5.75 Å². The number of carbonyl (C=O) groups is 2. The highest BCUT2D eigenvalue weighted by molar-refractivity contribution is 7.13. The highest BCUT2D eigenvalue weighted by Crippen LogP contribution is 2.34. The van der Waals surface area contributed by atoms with Gasteiger partial charge in [0.05, 0.1) is 29.2 Å². The molecule has 3 aromatic heterocycles. The Labute approximate surface area is 207 Å². The van der Waals surface area contributed by atoms with Crippen LogP contribution >= 0.6 is 11.5 Å². The summed E-state index contributed by atoms with van der Waals surface area (Å²) in [5.74, 6) is -0.970. The van der Waals surface area contributed by atoms with E-state index in [1.54, 1.807) is 38.6 Å². The minimum absolute atomic E-state index is 0.0920. The number of nitrogens with one attached hydrogen (secondary N) is 2. The van der Waals surface area contributed by atoms with Crippen molar-refractivity contribution < 1.29 is 23.1 Å². The number of rotatable bonds is 9. The molecule has 1 aromatic carbocycles. The second kappa shape index (κ2) is 10.6. The van der Waals surface area contributed by atoms with Gasteiger partial charge in [-0.05, 0) is 23.7 Å². The fourth-order valence-corrected chi connectivity index (χ4v) is 3.98. The monoisotopic (exact) mass is 516 g/mol. The lowest BCUT2D eigenvalue weighted by Gasteiger charge is -2.21. The van der Waals surface area contributed by atoms with E-state index in [0.717, 1.165) is 11.5 Å². The maximum absolute atomic E-state index is 13.2. The number of alkyl halides is 2. The van der Waals surface area contributed by atoms with Crippen LogP contribution in [0.1, 0.15) is 22.0 Å². The van der Waals surface area contributed by atoms with Crippen LogP contribution in [0.4, 0.5) is 8.78 Å². The molecular weight excluding hydrogens is 494 g/mol. The Morgan fingerprint density at radius 3 is 2.86 bits per heavy atom. The van der Waals surface area contributed by atoms with Crippen molar-refractivity contribution in [1.29, 1.82) is 0 Å². The summed E-state index contributed by atoms with van der Waals surface area (Å²) in [6, 6.07) is 3.53. The number of nitrogens with zero attached hydrogens (tertiary/aromatic N) is 5. The highest BCUT2D eigenvalue weighted by Gasteiger charge is 2.24. The molecule has 0 saturated carbocycles. The number of likely N-dealkylation sites (N-methyl/N-ethyl adjacent to an activating group) is 1. The number of benzene rings is 1. The molecule has 4 N–H and O–H groups in total. The zero-order valence-electron chi connectivity index (χ0n) is 19.2. The van der Waals surface area contributed by atoms with Gasteiger partial charge in [0.1, 0.15) is 11.3 Å². The van der Waals surface area contributed by atoms with Crippen LogP contribution in [-0.2, 0) is 4.79 Å². The van der Waals surface area contributed by atoms with Crippen LogP contribution in [0, 0.1) is 0 Å². The summed E-state index contributed by atoms with van der Waals surface area (Å²) in [7, 11) is 3.19. The number of hydrogen-bond donors (Lipinski definition) is 3. The fraction of sp³-hybridized carbons (Fsp3) is 0.227. The minimum atomic E-state index is -3.09. The highest BCUT2D eigenvalue weighted by atomic mass is 32.1.